The first-order valence-corrected chi connectivity index (χ1v) is 5.19. The fraction of sp³-hybridized carbons (Fsp3) is 0.900. The average Bonchev–Trinajstić information content (AvgIpc) is 2.15. The minimum Gasteiger partial charge on any atom is -0.393 e. The molecule has 1 amide bonds. The second-order valence-electron chi connectivity index (χ2n) is 3.80. The molecule has 2 N–H and O–H groups in total. The van der Waals surface area contributed by atoms with Crippen LogP contribution in [0.5, 0.6) is 0 Å². The lowest BCUT2D eigenvalue weighted by Gasteiger charge is -2.24. The Morgan fingerprint density at radius 3 is 2.54 bits per heavy atom. The van der Waals surface area contributed by atoms with E-state index < -0.39 is 0 Å². The molecule has 1 aliphatic carbocycles. The van der Waals surface area contributed by atoms with E-state index in [0.29, 0.717) is 0 Å². The Morgan fingerprint density at radius 1 is 1.38 bits per heavy atom. The Hall–Kier alpha value is -0.570. The van der Waals surface area contributed by atoms with Crippen LogP contribution in [0.2, 0.25) is 0 Å². The lowest BCUT2D eigenvalue weighted by molar-refractivity contribution is -0.126. The third-order valence-corrected chi connectivity index (χ3v) is 2.62. The highest BCUT2D eigenvalue weighted by atomic mass is 16.3. The second-order valence-corrected chi connectivity index (χ2v) is 3.80. The topological polar surface area (TPSA) is 49.3 Å². The largest absolute Gasteiger partial charge is 0.393 e. The molecular formula is C10H19NO2. The molecule has 0 spiro atoms. The maximum Gasteiger partial charge on any atom is 0.223 e. The summed E-state index contributed by atoms with van der Waals surface area (Å²) in [5.74, 6) is 0.323. The summed E-state index contributed by atoms with van der Waals surface area (Å²) in [6, 6.07) is 0. The zero-order valence-electron chi connectivity index (χ0n) is 8.25. The summed E-state index contributed by atoms with van der Waals surface area (Å²) in [7, 11) is 0. The molecule has 3 nitrogen and oxygen atoms in total. The molecule has 0 aliphatic heterocycles. The molecule has 13 heavy (non-hydrogen) atoms. The molecule has 3 heteroatoms. The van der Waals surface area contributed by atoms with Crippen LogP contribution in [-0.2, 0) is 4.79 Å². The van der Waals surface area contributed by atoms with Crippen LogP contribution >= 0.6 is 0 Å². The van der Waals surface area contributed by atoms with Gasteiger partial charge in [-0.15, -0.1) is 0 Å². The third kappa shape index (κ3) is 3.35. The molecule has 0 bridgehead atoms. The summed E-state index contributed by atoms with van der Waals surface area (Å²) in [6.07, 6.45) is 4.07. The maximum absolute atomic E-state index is 11.5. The van der Waals surface area contributed by atoms with Crippen molar-refractivity contribution in [2.24, 2.45) is 5.92 Å². The van der Waals surface area contributed by atoms with E-state index in [0.717, 1.165) is 38.6 Å². The Labute approximate surface area is 79.5 Å². The van der Waals surface area contributed by atoms with E-state index in [1.165, 1.54) is 0 Å². The summed E-state index contributed by atoms with van der Waals surface area (Å²) in [5, 5.41) is 12.1. The van der Waals surface area contributed by atoms with Crippen molar-refractivity contribution in [2.45, 2.75) is 45.1 Å². The molecule has 1 aliphatic rings. The number of aliphatic hydroxyl groups is 1. The maximum atomic E-state index is 11.5. The van der Waals surface area contributed by atoms with Gasteiger partial charge in [0.1, 0.15) is 0 Å². The van der Waals surface area contributed by atoms with Gasteiger partial charge in [0.25, 0.3) is 0 Å². The number of rotatable bonds is 3. The summed E-state index contributed by atoms with van der Waals surface area (Å²) < 4.78 is 0. The minimum atomic E-state index is -0.171. The number of hydrogen-bond donors (Lipinski definition) is 2. The molecule has 0 aromatic rings. The Morgan fingerprint density at radius 2 is 2.00 bits per heavy atom. The van der Waals surface area contributed by atoms with Crippen LogP contribution in [0, 0.1) is 5.92 Å². The number of amides is 1. The summed E-state index contributed by atoms with van der Waals surface area (Å²) in [4.78, 5) is 11.5. The van der Waals surface area contributed by atoms with Crippen molar-refractivity contribution in [1.82, 2.24) is 5.32 Å². The van der Waals surface area contributed by atoms with Gasteiger partial charge < -0.3 is 10.4 Å². The van der Waals surface area contributed by atoms with Gasteiger partial charge in [0.05, 0.1) is 6.10 Å². The first-order chi connectivity index (χ1) is 6.24. The smallest absolute Gasteiger partial charge is 0.223 e. The van der Waals surface area contributed by atoms with E-state index in [1.807, 2.05) is 6.92 Å². The number of carbonyl (C=O) groups is 1. The van der Waals surface area contributed by atoms with Crippen LogP contribution in [0.3, 0.4) is 0 Å². The molecule has 1 fully saturated rings. The molecule has 0 radical (unpaired) electrons. The van der Waals surface area contributed by atoms with Gasteiger partial charge in [0, 0.05) is 12.5 Å². The van der Waals surface area contributed by atoms with Gasteiger partial charge in [-0.2, -0.15) is 0 Å². The Bertz CT molecular complexity index is 162. The normalized spacial score (nSPS) is 28.5. The lowest BCUT2D eigenvalue weighted by atomic mass is 9.87. The van der Waals surface area contributed by atoms with E-state index in [4.69, 9.17) is 0 Å². The summed E-state index contributed by atoms with van der Waals surface area (Å²) in [5.41, 5.74) is 0. The van der Waals surface area contributed by atoms with Crippen LogP contribution in [0.1, 0.15) is 39.0 Å². The van der Waals surface area contributed by atoms with E-state index in [1.54, 1.807) is 0 Å². The average molecular weight is 185 g/mol. The molecule has 0 aromatic heterocycles. The first kappa shape index (κ1) is 10.5. The van der Waals surface area contributed by atoms with Crippen molar-refractivity contribution >= 4 is 5.91 Å². The number of aliphatic hydroxyl groups excluding tert-OH is 1. The van der Waals surface area contributed by atoms with Crippen LogP contribution in [0.4, 0.5) is 0 Å². The van der Waals surface area contributed by atoms with Gasteiger partial charge in [-0.05, 0) is 32.1 Å². The SMILES string of the molecule is CCCNC(=O)C1CCC(O)CC1. The molecule has 76 valence electrons. The predicted molar refractivity (Wildman–Crippen MR) is 51.3 cm³/mol. The molecule has 0 saturated heterocycles. The standard InChI is InChI=1S/C10H19NO2/c1-2-7-11-10(13)8-3-5-9(12)6-4-8/h8-9,12H,2-7H2,1H3,(H,11,13). The lowest BCUT2D eigenvalue weighted by Crippen LogP contribution is -2.34. The molecule has 1 saturated carbocycles. The molecular weight excluding hydrogens is 166 g/mol. The van der Waals surface area contributed by atoms with Crippen molar-refractivity contribution < 1.29 is 9.90 Å². The zero-order valence-corrected chi connectivity index (χ0v) is 8.25. The molecule has 0 unspecified atom stereocenters. The van der Waals surface area contributed by atoms with E-state index >= 15 is 0 Å². The van der Waals surface area contributed by atoms with Gasteiger partial charge in [-0.25, -0.2) is 0 Å². The Balaban J connectivity index is 2.23. The van der Waals surface area contributed by atoms with Gasteiger partial charge in [0.15, 0.2) is 0 Å². The highest BCUT2D eigenvalue weighted by Crippen LogP contribution is 2.23. The predicted octanol–water partition coefficient (Wildman–Crippen LogP) is 1.06. The van der Waals surface area contributed by atoms with Gasteiger partial charge in [0.2, 0.25) is 5.91 Å². The monoisotopic (exact) mass is 185 g/mol. The van der Waals surface area contributed by atoms with Crippen molar-refractivity contribution in [1.29, 1.82) is 0 Å². The highest BCUT2D eigenvalue weighted by molar-refractivity contribution is 5.78. The van der Waals surface area contributed by atoms with Crippen molar-refractivity contribution in [3.05, 3.63) is 0 Å². The quantitative estimate of drug-likeness (QED) is 0.691. The first-order valence-electron chi connectivity index (χ1n) is 5.19. The van der Waals surface area contributed by atoms with Crippen LogP contribution in [0.15, 0.2) is 0 Å². The summed E-state index contributed by atoms with van der Waals surface area (Å²) in [6.45, 7) is 2.82. The van der Waals surface area contributed by atoms with Crippen LogP contribution < -0.4 is 5.32 Å². The van der Waals surface area contributed by atoms with Crippen LogP contribution in [-0.4, -0.2) is 23.7 Å². The summed E-state index contributed by atoms with van der Waals surface area (Å²) >= 11 is 0. The van der Waals surface area contributed by atoms with Crippen molar-refractivity contribution in [2.75, 3.05) is 6.54 Å². The van der Waals surface area contributed by atoms with Gasteiger partial charge >= 0.3 is 0 Å². The fourth-order valence-corrected chi connectivity index (χ4v) is 1.73. The molecule has 0 atom stereocenters. The van der Waals surface area contributed by atoms with Gasteiger partial charge in [-0.1, -0.05) is 6.92 Å². The minimum absolute atomic E-state index is 0.148. The van der Waals surface area contributed by atoms with Crippen LogP contribution in [0.25, 0.3) is 0 Å². The molecule has 1 rings (SSSR count). The Kier molecular flexibility index (Phi) is 4.22. The zero-order chi connectivity index (χ0) is 9.68. The highest BCUT2D eigenvalue weighted by Gasteiger charge is 2.24. The van der Waals surface area contributed by atoms with E-state index in [-0.39, 0.29) is 17.9 Å². The number of carbonyl (C=O) groups excluding carboxylic acids is 1. The molecule has 0 aromatic carbocycles. The molecule has 0 heterocycles. The van der Waals surface area contributed by atoms with E-state index in [2.05, 4.69) is 5.32 Å². The third-order valence-electron chi connectivity index (χ3n) is 2.62. The fourth-order valence-electron chi connectivity index (χ4n) is 1.73. The number of nitrogens with one attached hydrogen (secondary N) is 1. The van der Waals surface area contributed by atoms with E-state index in [9.17, 15) is 9.90 Å². The van der Waals surface area contributed by atoms with Crippen molar-refractivity contribution in [3.8, 4) is 0 Å². The van der Waals surface area contributed by atoms with Gasteiger partial charge in [-0.3, -0.25) is 4.79 Å². The number of hydrogen-bond acceptors (Lipinski definition) is 2. The van der Waals surface area contributed by atoms with Crippen molar-refractivity contribution in [3.63, 3.8) is 0 Å². The second kappa shape index (κ2) is 5.22.